The summed E-state index contributed by atoms with van der Waals surface area (Å²) in [5, 5.41) is 9.87. The van der Waals surface area contributed by atoms with Gasteiger partial charge in [-0.25, -0.2) is 4.98 Å². The summed E-state index contributed by atoms with van der Waals surface area (Å²) < 4.78 is 4.95. The minimum Gasteiger partial charge on any atom is -0.473 e. The van der Waals surface area contributed by atoms with Crippen LogP contribution < -0.4 is 4.74 Å². The van der Waals surface area contributed by atoms with Crippen LogP contribution in [0.1, 0.15) is 18.7 Å². The number of ether oxygens (including phenoxy) is 1. The maximum atomic E-state index is 9.23. The van der Waals surface area contributed by atoms with Crippen LogP contribution in [0.4, 0.5) is 0 Å². The third-order valence-corrected chi connectivity index (χ3v) is 2.61. The molecule has 0 aliphatic heterocycles. The zero-order chi connectivity index (χ0) is 9.84. The Balaban J connectivity index is 2.79. The van der Waals surface area contributed by atoms with Crippen LogP contribution >= 0.6 is 11.3 Å². The minimum absolute atomic E-state index is 0.409. The number of aliphatic hydroxyl groups is 1. The molecular formula is C9H13NO2S. The van der Waals surface area contributed by atoms with E-state index in [1.807, 2.05) is 13.0 Å². The summed E-state index contributed by atoms with van der Waals surface area (Å²) in [5.41, 5.74) is 0.923. The Morgan fingerprint density at radius 3 is 2.92 bits per heavy atom. The zero-order valence-electron chi connectivity index (χ0n) is 7.94. The van der Waals surface area contributed by atoms with Crippen molar-refractivity contribution >= 4 is 17.4 Å². The van der Waals surface area contributed by atoms with Crippen LogP contribution in [0.2, 0.25) is 0 Å². The Labute approximate surface area is 81.7 Å². The van der Waals surface area contributed by atoms with Crippen LogP contribution in [0.15, 0.2) is 11.8 Å². The highest BCUT2D eigenvalue weighted by molar-refractivity contribution is 7.14. The largest absolute Gasteiger partial charge is 0.473 e. The van der Waals surface area contributed by atoms with Crippen molar-refractivity contribution in [3.63, 3.8) is 0 Å². The van der Waals surface area contributed by atoms with Crippen molar-refractivity contribution < 1.29 is 9.84 Å². The molecule has 3 nitrogen and oxygen atoms in total. The van der Waals surface area contributed by atoms with Crippen LogP contribution in [0.3, 0.4) is 0 Å². The van der Waals surface area contributed by atoms with Crippen molar-refractivity contribution in [2.24, 2.45) is 0 Å². The molecule has 0 fully saturated rings. The van der Waals surface area contributed by atoms with Gasteiger partial charge in [0, 0.05) is 6.20 Å². The van der Waals surface area contributed by atoms with Crippen LogP contribution in [-0.2, 0) is 0 Å². The zero-order valence-corrected chi connectivity index (χ0v) is 8.76. The second kappa shape index (κ2) is 4.39. The van der Waals surface area contributed by atoms with Gasteiger partial charge in [-0.15, -0.1) is 0 Å². The van der Waals surface area contributed by atoms with Crippen molar-refractivity contribution in [1.29, 1.82) is 0 Å². The normalized spacial score (nSPS) is 14.3. The fraction of sp³-hybridized carbons (Fsp3) is 0.444. The van der Waals surface area contributed by atoms with Gasteiger partial charge in [0.1, 0.15) is 0 Å². The predicted molar refractivity (Wildman–Crippen MR) is 54.0 cm³/mol. The first kappa shape index (κ1) is 10.2. The van der Waals surface area contributed by atoms with Crippen molar-refractivity contribution in [2.45, 2.75) is 20.0 Å². The molecule has 72 valence electrons. The molecular weight excluding hydrogens is 186 g/mol. The highest BCUT2D eigenvalue weighted by Crippen LogP contribution is 2.22. The monoisotopic (exact) mass is 199 g/mol. The molecule has 0 saturated carbocycles. The molecule has 0 aliphatic carbocycles. The topological polar surface area (TPSA) is 42.4 Å². The van der Waals surface area contributed by atoms with Gasteiger partial charge in [0.2, 0.25) is 0 Å². The van der Waals surface area contributed by atoms with Crippen molar-refractivity contribution in [1.82, 2.24) is 4.98 Å². The maximum Gasteiger partial charge on any atom is 0.273 e. The Morgan fingerprint density at radius 1 is 1.77 bits per heavy atom. The Bertz CT molecular complexity index is 304. The summed E-state index contributed by atoms with van der Waals surface area (Å²) in [6.45, 7) is 3.63. The van der Waals surface area contributed by atoms with Gasteiger partial charge in [0.05, 0.1) is 18.1 Å². The molecule has 1 aromatic rings. The van der Waals surface area contributed by atoms with E-state index in [0.717, 1.165) is 10.5 Å². The summed E-state index contributed by atoms with van der Waals surface area (Å²) in [6, 6.07) is 0. The average molecular weight is 199 g/mol. The predicted octanol–water partition coefficient (Wildman–Crippen LogP) is 1.94. The quantitative estimate of drug-likeness (QED) is 0.809. The van der Waals surface area contributed by atoms with Gasteiger partial charge in [-0.05, 0) is 25.5 Å². The minimum atomic E-state index is -0.409. The number of hydrogen-bond donors (Lipinski definition) is 1. The number of hydrogen-bond acceptors (Lipinski definition) is 4. The summed E-state index contributed by atoms with van der Waals surface area (Å²) in [6.07, 6.45) is 3.23. The van der Waals surface area contributed by atoms with Crippen molar-refractivity contribution in [3.8, 4) is 5.19 Å². The summed E-state index contributed by atoms with van der Waals surface area (Å²) >= 11 is 1.46. The van der Waals surface area contributed by atoms with Crippen LogP contribution in [0, 0.1) is 0 Å². The van der Waals surface area contributed by atoms with Gasteiger partial charge in [0.15, 0.2) is 0 Å². The SMILES string of the molecule is COc1ncc(/C=C(/C)C(C)O)s1. The lowest BCUT2D eigenvalue weighted by Gasteiger charge is -2.01. The molecule has 0 radical (unpaired) electrons. The van der Waals surface area contributed by atoms with Gasteiger partial charge in [-0.3, -0.25) is 0 Å². The standard InChI is InChI=1S/C9H13NO2S/c1-6(7(2)11)4-8-5-10-9(12-3)13-8/h4-5,7,11H,1-3H3/b6-4-. The second-order valence-corrected chi connectivity index (χ2v) is 3.82. The lowest BCUT2D eigenvalue weighted by molar-refractivity contribution is 0.232. The lowest BCUT2D eigenvalue weighted by Crippen LogP contribution is -1.99. The van der Waals surface area contributed by atoms with Gasteiger partial charge in [0.25, 0.3) is 5.19 Å². The molecule has 1 aromatic heterocycles. The van der Waals surface area contributed by atoms with Gasteiger partial charge in [-0.1, -0.05) is 11.3 Å². The summed E-state index contributed by atoms with van der Waals surface area (Å²) in [5.74, 6) is 0. The van der Waals surface area contributed by atoms with Gasteiger partial charge < -0.3 is 9.84 Å². The van der Waals surface area contributed by atoms with Gasteiger partial charge in [-0.2, -0.15) is 0 Å². The molecule has 1 atom stereocenters. The van der Waals surface area contributed by atoms with E-state index in [-0.39, 0.29) is 0 Å². The third-order valence-electron chi connectivity index (χ3n) is 1.71. The Kier molecular flexibility index (Phi) is 3.45. The first-order valence-electron chi connectivity index (χ1n) is 3.99. The molecule has 1 N–H and O–H groups in total. The Hall–Kier alpha value is -0.870. The number of aliphatic hydroxyl groups excluding tert-OH is 1. The molecule has 1 rings (SSSR count). The number of methoxy groups -OCH3 is 1. The van der Waals surface area contributed by atoms with Gasteiger partial charge >= 0.3 is 0 Å². The van der Waals surface area contributed by atoms with Crippen molar-refractivity contribution in [3.05, 3.63) is 16.6 Å². The highest BCUT2D eigenvalue weighted by atomic mass is 32.1. The molecule has 13 heavy (non-hydrogen) atoms. The van der Waals surface area contributed by atoms with E-state index < -0.39 is 6.10 Å². The summed E-state index contributed by atoms with van der Waals surface area (Å²) in [4.78, 5) is 5.01. The highest BCUT2D eigenvalue weighted by Gasteiger charge is 2.01. The molecule has 0 amide bonds. The van der Waals surface area contributed by atoms with E-state index in [0.29, 0.717) is 5.19 Å². The Morgan fingerprint density at radius 2 is 2.46 bits per heavy atom. The molecule has 4 heteroatoms. The van der Waals surface area contributed by atoms with E-state index in [4.69, 9.17) is 4.74 Å². The van der Waals surface area contributed by atoms with Crippen LogP contribution in [0.25, 0.3) is 6.08 Å². The fourth-order valence-corrected chi connectivity index (χ4v) is 1.52. The number of nitrogens with zero attached hydrogens (tertiary/aromatic N) is 1. The molecule has 0 bridgehead atoms. The lowest BCUT2D eigenvalue weighted by atomic mass is 10.2. The number of aromatic nitrogens is 1. The van der Waals surface area contributed by atoms with E-state index in [1.54, 1.807) is 20.2 Å². The van der Waals surface area contributed by atoms with E-state index in [1.165, 1.54) is 11.3 Å². The molecule has 1 unspecified atom stereocenters. The second-order valence-electron chi connectivity index (χ2n) is 2.80. The van der Waals surface area contributed by atoms with Crippen molar-refractivity contribution in [2.75, 3.05) is 7.11 Å². The van der Waals surface area contributed by atoms with E-state index in [9.17, 15) is 5.11 Å². The first-order valence-corrected chi connectivity index (χ1v) is 4.81. The fourth-order valence-electron chi connectivity index (χ4n) is 0.776. The summed E-state index contributed by atoms with van der Waals surface area (Å²) in [7, 11) is 1.59. The first-order chi connectivity index (χ1) is 6.13. The molecule has 1 heterocycles. The number of thiazole rings is 1. The van der Waals surface area contributed by atoms with E-state index in [2.05, 4.69) is 4.98 Å². The smallest absolute Gasteiger partial charge is 0.273 e. The molecule has 0 aliphatic rings. The maximum absolute atomic E-state index is 9.23. The third kappa shape index (κ3) is 2.82. The average Bonchev–Trinajstić information content (AvgIpc) is 2.52. The molecule has 0 spiro atoms. The molecule has 0 saturated heterocycles. The van der Waals surface area contributed by atoms with E-state index >= 15 is 0 Å². The van der Waals surface area contributed by atoms with Crippen LogP contribution in [-0.4, -0.2) is 23.3 Å². The molecule has 0 aromatic carbocycles. The number of rotatable bonds is 3. The van der Waals surface area contributed by atoms with Crippen LogP contribution in [0.5, 0.6) is 5.19 Å².